The Hall–Kier alpha value is -6.58. The molecule has 1 spiro atoms. The molecule has 0 N–H and O–H groups in total. The van der Waals surface area contributed by atoms with E-state index in [0.717, 1.165) is 0 Å². The summed E-state index contributed by atoms with van der Waals surface area (Å²) >= 11 is 0. The number of benzene rings is 8. The van der Waals surface area contributed by atoms with Gasteiger partial charge in [-0.25, -0.2) is 0 Å². The number of hydrogen-bond donors (Lipinski definition) is 0. The predicted octanol–water partition coefficient (Wildman–Crippen LogP) is 15.1. The van der Waals surface area contributed by atoms with Crippen LogP contribution in [-0.4, -0.2) is 6.85 Å². The molecule has 0 aromatic heterocycles. The lowest BCUT2D eigenvalue weighted by molar-refractivity contribution is 0.332. The monoisotopic (exact) mass is 850 g/mol. The highest BCUT2D eigenvalue weighted by molar-refractivity contribution is 6.93. The SMILES string of the molecule is CC1(C)CCC(C)(C)c2cc3c(cc21)-c1cc(C2CCCCC2)cc2c1B(c1cccc4c1N2c1ccccc1C41c2ccccc2-c2ccccc21)N3c1ccc(-c2ccccc2)cc1. The summed E-state index contributed by atoms with van der Waals surface area (Å²) in [5.41, 5.74) is 27.1. The summed E-state index contributed by atoms with van der Waals surface area (Å²) < 4.78 is 0. The Morgan fingerprint density at radius 3 is 1.77 bits per heavy atom. The average molecular weight is 851 g/mol. The second kappa shape index (κ2) is 13.7. The van der Waals surface area contributed by atoms with Crippen molar-refractivity contribution in [1.82, 2.24) is 0 Å². The van der Waals surface area contributed by atoms with E-state index in [4.69, 9.17) is 0 Å². The van der Waals surface area contributed by atoms with Crippen molar-refractivity contribution in [2.24, 2.45) is 0 Å². The first-order chi connectivity index (χ1) is 32.2. The van der Waals surface area contributed by atoms with Gasteiger partial charge >= 0.3 is 6.85 Å². The standard InChI is InChI=1S/C63H55BN2/c1-61(2)34-35-62(3,4)54-39-57-47(38-53(54)61)48-36-43(41-20-9-6-10-21-41)37-58-59(48)64(66(57)44-32-30-42(31-33-44)40-18-7-5-8-19-40)55-28-17-27-52-60(55)65(58)56-29-16-15-26-51(56)63(52)49-24-13-11-22-45(49)46-23-12-14-25-50(46)63/h5,7-8,11-19,22-33,36-39,41H,6,9-10,20-21,34-35H2,1-4H3. The topological polar surface area (TPSA) is 6.48 Å². The molecule has 8 aromatic carbocycles. The third-order valence-corrected chi connectivity index (χ3v) is 17.3. The highest BCUT2D eigenvalue weighted by Gasteiger charge is 2.56. The molecule has 0 radical (unpaired) electrons. The van der Waals surface area contributed by atoms with Crippen molar-refractivity contribution in [3.8, 4) is 33.4 Å². The third kappa shape index (κ3) is 5.10. The van der Waals surface area contributed by atoms with E-state index in [1.165, 1.54) is 157 Å². The van der Waals surface area contributed by atoms with Crippen LogP contribution in [0.5, 0.6) is 0 Å². The van der Waals surface area contributed by atoms with Gasteiger partial charge in [-0.15, -0.1) is 0 Å². The molecule has 0 amide bonds. The minimum absolute atomic E-state index is 0.0522. The largest absolute Gasteiger partial charge is 0.376 e. The minimum atomic E-state index is -0.476. The second-order valence-corrected chi connectivity index (χ2v) is 21.6. The number of fused-ring (bicyclic) bond motifs is 14. The molecule has 8 aromatic rings. The van der Waals surface area contributed by atoms with Crippen molar-refractivity contribution in [2.75, 3.05) is 9.71 Å². The van der Waals surface area contributed by atoms with Gasteiger partial charge in [0.25, 0.3) is 0 Å². The fraction of sp³-hybridized carbons (Fsp3) is 0.238. The van der Waals surface area contributed by atoms with E-state index < -0.39 is 5.41 Å². The van der Waals surface area contributed by atoms with Crippen LogP contribution in [0.2, 0.25) is 0 Å². The van der Waals surface area contributed by atoms with Crippen LogP contribution in [0.4, 0.5) is 28.4 Å². The molecule has 0 saturated heterocycles. The van der Waals surface area contributed by atoms with Gasteiger partial charge in [-0.3, -0.25) is 0 Å². The van der Waals surface area contributed by atoms with Crippen LogP contribution >= 0.6 is 0 Å². The van der Waals surface area contributed by atoms with Crippen LogP contribution < -0.4 is 20.6 Å². The van der Waals surface area contributed by atoms with Crippen LogP contribution in [-0.2, 0) is 16.2 Å². The molecule has 0 bridgehead atoms. The molecule has 1 fully saturated rings. The highest BCUT2D eigenvalue weighted by atomic mass is 15.2. The zero-order chi connectivity index (χ0) is 44.1. The molecular weight excluding hydrogens is 796 g/mol. The number of rotatable bonds is 3. The van der Waals surface area contributed by atoms with Gasteiger partial charge < -0.3 is 9.71 Å². The quantitative estimate of drug-likeness (QED) is 0.163. The lowest BCUT2D eigenvalue weighted by Crippen LogP contribution is -2.63. The Morgan fingerprint density at radius 2 is 1.06 bits per heavy atom. The van der Waals surface area contributed by atoms with Crippen molar-refractivity contribution in [2.45, 2.75) is 94.8 Å². The van der Waals surface area contributed by atoms with Gasteiger partial charge in [-0.2, -0.15) is 0 Å². The predicted molar refractivity (Wildman–Crippen MR) is 278 cm³/mol. The minimum Gasteiger partial charge on any atom is -0.376 e. The van der Waals surface area contributed by atoms with Crippen molar-refractivity contribution in [3.05, 3.63) is 209 Å². The fourth-order valence-corrected chi connectivity index (χ4v) is 14.0. The van der Waals surface area contributed by atoms with Crippen LogP contribution in [0.3, 0.4) is 0 Å². The van der Waals surface area contributed by atoms with Gasteiger partial charge in [0.1, 0.15) is 0 Å². The Balaban J connectivity index is 1.12. The van der Waals surface area contributed by atoms with Crippen molar-refractivity contribution < 1.29 is 0 Å². The maximum Gasteiger partial charge on any atom is 0.333 e. The van der Waals surface area contributed by atoms with Crippen molar-refractivity contribution in [3.63, 3.8) is 0 Å². The first kappa shape index (κ1) is 38.7. The molecule has 3 aliphatic heterocycles. The molecule has 6 aliphatic rings. The fourth-order valence-electron chi connectivity index (χ4n) is 14.0. The second-order valence-electron chi connectivity index (χ2n) is 21.6. The third-order valence-electron chi connectivity index (χ3n) is 17.3. The molecule has 3 heterocycles. The summed E-state index contributed by atoms with van der Waals surface area (Å²) in [6.07, 6.45) is 8.84. The number of para-hydroxylation sites is 2. The lowest BCUT2D eigenvalue weighted by atomic mass is 9.42. The number of hydrogen-bond acceptors (Lipinski definition) is 2. The first-order valence-corrected chi connectivity index (χ1v) is 24.8. The molecule has 66 heavy (non-hydrogen) atoms. The molecule has 1 saturated carbocycles. The van der Waals surface area contributed by atoms with E-state index in [9.17, 15) is 0 Å². The van der Waals surface area contributed by atoms with Crippen molar-refractivity contribution in [1.29, 1.82) is 0 Å². The Morgan fingerprint density at radius 1 is 0.455 bits per heavy atom. The van der Waals surface area contributed by atoms with E-state index in [0.29, 0.717) is 5.92 Å². The zero-order valence-corrected chi connectivity index (χ0v) is 38.7. The summed E-state index contributed by atoms with van der Waals surface area (Å²) in [4.78, 5) is 5.51. The summed E-state index contributed by atoms with van der Waals surface area (Å²) in [7, 11) is 0. The average Bonchev–Trinajstić information content (AvgIpc) is 3.65. The van der Waals surface area contributed by atoms with Crippen LogP contribution in [0.25, 0.3) is 33.4 Å². The van der Waals surface area contributed by atoms with Crippen molar-refractivity contribution >= 4 is 46.2 Å². The molecule has 0 unspecified atom stereocenters. The summed E-state index contributed by atoms with van der Waals surface area (Å²) in [6, 6.07) is 66.4. The zero-order valence-electron chi connectivity index (χ0n) is 38.7. The number of nitrogens with zero attached hydrogens (tertiary/aromatic N) is 2. The van der Waals surface area contributed by atoms with Crippen LogP contribution in [0.15, 0.2) is 170 Å². The van der Waals surface area contributed by atoms with Gasteiger partial charge in [-0.05, 0) is 157 Å². The normalized spacial score (nSPS) is 18.4. The molecular formula is C63H55BN2. The Kier molecular flexibility index (Phi) is 8.05. The molecule has 0 atom stereocenters. The molecule has 3 aliphatic carbocycles. The Bertz CT molecular complexity index is 3270. The van der Waals surface area contributed by atoms with Gasteiger partial charge in [0, 0.05) is 28.3 Å². The number of anilines is 5. The van der Waals surface area contributed by atoms with E-state index >= 15 is 0 Å². The maximum atomic E-state index is 2.77. The van der Waals surface area contributed by atoms with Crippen LogP contribution in [0.1, 0.15) is 118 Å². The van der Waals surface area contributed by atoms with E-state index in [2.05, 4.69) is 207 Å². The smallest absolute Gasteiger partial charge is 0.333 e. The maximum absolute atomic E-state index is 2.77. The lowest BCUT2D eigenvalue weighted by Gasteiger charge is -2.52. The summed E-state index contributed by atoms with van der Waals surface area (Å²) in [5.74, 6) is 0.551. The van der Waals surface area contributed by atoms with Gasteiger partial charge in [0.05, 0.1) is 11.1 Å². The first-order valence-electron chi connectivity index (χ1n) is 24.8. The van der Waals surface area contributed by atoms with Gasteiger partial charge in [0.2, 0.25) is 0 Å². The Labute approximate surface area is 391 Å². The summed E-state index contributed by atoms with van der Waals surface area (Å²) in [6.45, 7) is 9.91. The summed E-state index contributed by atoms with van der Waals surface area (Å²) in [5, 5.41) is 0. The molecule has 2 nitrogen and oxygen atoms in total. The van der Waals surface area contributed by atoms with E-state index in [-0.39, 0.29) is 17.7 Å². The van der Waals surface area contributed by atoms with E-state index in [1.54, 1.807) is 0 Å². The molecule has 14 rings (SSSR count). The van der Waals surface area contributed by atoms with E-state index in [1.807, 2.05) is 0 Å². The van der Waals surface area contributed by atoms with Crippen LogP contribution in [0, 0.1) is 0 Å². The molecule has 320 valence electrons. The van der Waals surface area contributed by atoms with Gasteiger partial charge in [-0.1, -0.05) is 180 Å². The van der Waals surface area contributed by atoms with Gasteiger partial charge in [0.15, 0.2) is 0 Å². The highest BCUT2D eigenvalue weighted by Crippen LogP contribution is 2.64. The molecule has 3 heteroatoms.